The van der Waals surface area contributed by atoms with Crippen LogP contribution in [0.15, 0.2) is 28.9 Å². The summed E-state index contributed by atoms with van der Waals surface area (Å²) in [6.45, 7) is 4.32. The lowest BCUT2D eigenvalue weighted by Gasteiger charge is -2.13. The van der Waals surface area contributed by atoms with Gasteiger partial charge in [0, 0.05) is 29.2 Å². The summed E-state index contributed by atoms with van der Waals surface area (Å²) in [5.41, 5.74) is 2.99. The second kappa shape index (κ2) is 8.22. The molecule has 0 atom stereocenters. The minimum absolute atomic E-state index is 0.00581. The summed E-state index contributed by atoms with van der Waals surface area (Å²) in [7, 11) is 3.26. The van der Waals surface area contributed by atoms with Crippen molar-refractivity contribution in [2.45, 2.75) is 39.0 Å². The van der Waals surface area contributed by atoms with E-state index in [4.69, 9.17) is 9.72 Å². The zero-order chi connectivity index (χ0) is 21.3. The highest BCUT2D eigenvalue weighted by Crippen LogP contribution is 2.39. The molecule has 3 aromatic rings. The van der Waals surface area contributed by atoms with Crippen molar-refractivity contribution in [3.8, 4) is 23.0 Å². The molecule has 0 aliphatic heterocycles. The Labute approximate surface area is 175 Å². The van der Waals surface area contributed by atoms with Crippen molar-refractivity contribution >= 4 is 27.0 Å². The molecule has 0 aliphatic carbocycles. The summed E-state index contributed by atoms with van der Waals surface area (Å²) in [6.07, 6.45) is -0.700. The van der Waals surface area contributed by atoms with Crippen LogP contribution in [-0.4, -0.2) is 28.0 Å². The highest BCUT2D eigenvalue weighted by atomic mass is 79.9. The Bertz CT molecular complexity index is 1030. The van der Waals surface area contributed by atoms with E-state index in [1.807, 2.05) is 17.7 Å². The van der Waals surface area contributed by atoms with Crippen LogP contribution >= 0.6 is 15.9 Å². The van der Waals surface area contributed by atoms with Crippen LogP contribution in [0, 0.1) is 0 Å². The van der Waals surface area contributed by atoms with E-state index in [-0.39, 0.29) is 5.88 Å². The molecule has 0 spiro atoms. The average molecular weight is 472 g/mol. The van der Waals surface area contributed by atoms with E-state index in [0.29, 0.717) is 21.6 Å². The van der Waals surface area contributed by atoms with Crippen molar-refractivity contribution in [2.75, 3.05) is 7.11 Å². The lowest BCUT2D eigenvalue weighted by molar-refractivity contribution is -0.276. The smallest absolute Gasteiger partial charge is 0.480 e. The van der Waals surface area contributed by atoms with Gasteiger partial charge < -0.3 is 14.0 Å². The Morgan fingerprint density at radius 1 is 1.17 bits per heavy atom. The van der Waals surface area contributed by atoms with E-state index < -0.39 is 12.2 Å². The second-order valence-corrected chi connectivity index (χ2v) is 7.51. The Morgan fingerprint density at radius 3 is 2.45 bits per heavy atom. The average Bonchev–Trinajstić information content (AvgIpc) is 2.96. The molecule has 0 N–H and O–H groups in total. The van der Waals surface area contributed by atoms with Crippen LogP contribution in [0.25, 0.3) is 22.3 Å². The molecule has 0 saturated carbocycles. The number of methoxy groups -OCH3 is 1. The van der Waals surface area contributed by atoms with Crippen LogP contribution in [0.3, 0.4) is 0 Å². The molecule has 3 aromatic heterocycles. The van der Waals surface area contributed by atoms with Crippen molar-refractivity contribution in [3.63, 3.8) is 0 Å². The van der Waals surface area contributed by atoms with Crippen molar-refractivity contribution in [2.24, 2.45) is 7.05 Å². The first-order valence-corrected chi connectivity index (χ1v) is 9.94. The molecule has 0 aliphatic rings. The van der Waals surface area contributed by atoms with E-state index in [9.17, 15) is 13.2 Å². The maximum absolute atomic E-state index is 12.5. The molecular weight excluding hydrogens is 451 g/mol. The van der Waals surface area contributed by atoms with Gasteiger partial charge in [-0.25, -0.2) is 4.98 Å². The summed E-state index contributed by atoms with van der Waals surface area (Å²) in [5.74, 6) is -0.174. The number of halogens is 4. The molecule has 0 fully saturated rings. The molecule has 3 rings (SSSR count). The highest BCUT2D eigenvalue weighted by molar-refractivity contribution is 9.10. The largest absolute Gasteiger partial charge is 0.574 e. The molecule has 156 valence electrons. The molecule has 9 heteroatoms. The Balaban J connectivity index is 2.13. The lowest BCUT2D eigenvalue weighted by Crippen LogP contribution is -2.18. The van der Waals surface area contributed by atoms with Crippen LogP contribution in [0.5, 0.6) is 11.8 Å². The first-order chi connectivity index (χ1) is 13.7. The Morgan fingerprint density at radius 2 is 1.86 bits per heavy atom. The van der Waals surface area contributed by atoms with Gasteiger partial charge in [0.2, 0.25) is 11.8 Å². The maximum Gasteiger partial charge on any atom is 0.574 e. The van der Waals surface area contributed by atoms with Gasteiger partial charge in [0.15, 0.2) is 0 Å². The Kier molecular flexibility index (Phi) is 6.07. The third-order valence-corrected chi connectivity index (χ3v) is 5.47. The van der Waals surface area contributed by atoms with Crippen molar-refractivity contribution in [1.82, 2.24) is 14.5 Å². The molecule has 3 heterocycles. The number of hydrogen-bond acceptors (Lipinski definition) is 4. The van der Waals surface area contributed by atoms with Gasteiger partial charge in [-0.1, -0.05) is 13.8 Å². The number of alkyl halides is 3. The van der Waals surface area contributed by atoms with Gasteiger partial charge in [-0.15, -0.1) is 13.2 Å². The SMILES string of the molecule is CCC(CC)c1cn(C)c2nc(-c3ccc(OC(F)(F)F)nc3OC)c(Br)cc12. The normalized spacial score (nSPS) is 12.0. The second-order valence-electron chi connectivity index (χ2n) is 6.65. The standard InChI is InChI=1S/C20H21BrF3N3O2/c1-5-11(6-2)14-10-27(3)18-13(14)9-15(21)17(26-18)12-7-8-16(25-19(12)28-4)29-20(22,23)24/h7-11H,5-6H2,1-4H3. The van der Waals surface area contributed by atoms with E-state index >= 15 is 0 Å². The first kappa shape index (κ1) is 21.4. The fraction of sp³-hybridized carbons (Fsp3) is 0.400. The molecular formula is C20H21BrF3N3O2. The lowest BCUT2D eigenvalue weighted by atomic mass is 9.94. The molecule has 0 aromatic carbocycles. The number of rotatable bonds is 6. The first-order valence-electron chi connectivity index (χ1n) is 9.15. The van der Waals surface area contributed by atoms with Gasteiger partial charge >= 0.3 is 6.36 Å². The van der Waals surface area contributed by atoms with Crippen LogP contribution in [0.1, 0.15) is 38.2 Å². The fourth-order valence-electron chi connectivity index (χ4n) is 3.48. The Hall–Kier alpha value is -2.29. The zero-order valence-electron chi connectivity index (χ0n) is 16.5. The van der Waals surface area contributed by atoms with Gasteiger partial charge in [-0.05, 0) is 52.4 Å². The summed E-state index contributed by atoms with van der Waals surface area (Å²) in [5, 5.41) is 1.04. The van der Waals surface area contributed by atoms with Crippen LogP contribution in [-0.2, 0) is 7.05 Å². The molecule has 0 bridgehead atoms. The monoisotopic (exact) mass is 471 g/mol. The highest BCUT2D eigenvalue weighted by Gasteiger charge is 2.32. The summed E-state index contributed by atoms with van der Waals surface area (Å²) >= 11 is 3.55. The third kappa shape index (κ3) is 4.34. The number of aromatic nitrogens is 3. The summed E-state index contributed by atoms with van der Waals surface area (Å²) in [6, 6.07) is 4.59. The maximum atomic E-state index is 12.5. The van der Waals surface area contributed by atoms with Gasteiger partial charge in [-0.2, -0.15) is 4.98 Å². The molecule has 0 unspecified atom stereocenters. The van der Waals surface area contributed by atoms with Crippen molar-refractivity contribution in [3.05, 3.63) is 34.4 Å². The van der Waals surface area contributed by atoms with Gasteiger partial charge in [0.25, 0.3) is 0 Å². The minimum atomic E-state index is -4.83. The van der Waals surface area contributed by atoms with Gasteiger partial charge in [-0.3, -0.25) is 0 Å². The molecule has 29 heavy (non-hydrogen) atoms. The quantitative estimate of drug-likeness (QED) is 0.428. The number of ether oxygens (including phenoxy) is 2. The number of pyridine rings is 2. The zero-order valence-corrected chi connectivity index (χ0v) is 18.1. The third-order valence-electron chi connectivity index (χ3n) is 4.86. The van der Waals surface area contributed by atoms with E-state index in [2.05, 4.69) is 45.7 Å². The minimum Gasteiger partial charge on any atom is -0.480 e. The number of fused-ring (bicyclic) bond motifs is 1. The molecule has 5 nitrogen and oxygen atoms in total. The topological polar surface area (TPSA) is 49.2 Å². The van der Waals surface area contributed by atoms with Crippen molar-refractivity contribution < 1.29 is 22.6 Å². The van der Waals surface area contributed by atoms with E-state index in [1.54, 1.807) is 0 Å². The fourth-order valence-corrected chi connectivity index (χ4v) is 4.01. The van der Waals surface area contributed by atoms with Crippen molar-refractivity contribution in [1.29, 1.82) is 0 Å². The van der Waals surface area contributed by atoms with E-state index in [0.717, 1.165) is 29.9 Å². The molecule has 0 radical (unpaired) electrons. The number of hydrogen-bond donors (Lipinski definition) is 0. The summed E-state index contributed by atoms with van der Waals surface area (Å²) < 4.78 is 49.2. The number of nitrogens with zero attached hydrogens (tertiary/aromatic N) is 3. The molecule has 0 saturated heterocycles. The summed E-state index contributed by atoms with van der Waals surface area (Å²) in [4.78, 5) is 8.59. The van der Waals surface area contributed by atoms with Crippen LogP contribution < -0.4 is 9.47 Å². The number of aryl methyl sites for hydroxylation is 1. The van der Waals surface area contributed by atoms with E-state index in [1.165, 1.54) is 18.7 Å². The van der Waals surface area contributed by atoms with Crippen LogP contribution in [0.4, 0.5) is 13.2 Å². The van der Waals surface area contributed by atoms with Gasteiger partial charge in [0.05, 0.1) is 18.4 Å². The van der Waals surface area contributed by atoms with Crippen LogP contribution in [0.2, 0.25) is 0 Å². The predicted octanol–water partition coefficient (Wildman–Crippen LogP) is 6.21. The van der Waals surface area contributed by atoms with Gasteiger partial charge in [0.1, 0.15) is 5.65 Å². The molecule has 0 amide bonds. The predicted molar refractivity (Wildman–Crippen MR) is 108 cm³/mol.